The first-order valence-electron chi connectivity index (χ1n) is 6.17. The Morgan fingerprint density at radius 1 is 1.07 bits per heavy atom. The fourth-order valence-corrected chi connectivity index (χ4v) is 2.12. The van der Waals surface area contributed by atoms with Gasteiger partial charge in [0, 0.05) is 6.42 Å². The number of hydrogen-bond acceptors (Lipinski definition) is 1. The number of rotatable bonds is 8. The van der Waals surface area contributed by atoms with Crippen molar-refractivity contribution >= 4 is 5.97 Å². The molecule has 0 saturated heterocycles. The summed E-state index contributed by atoms with van der Waals surface area (Å²) in [6, 6.07) is 0. The van der Waals surface area contributed by atoms with E-state index in [2.05, 4.69) is 27.7 Å². The average molecular weight is 214 g/mol. The Morgan fingerprint density at radius 2 is 1.60 bits per heavy atom. The first-order valence-corrected chi connectivity index (χ1v) is 6.17. The maximum Gasteiger partial charge on any atom is 0.303 e. The fraction of sp³-hybridized carbons (Fsp3) is 0.923. The summed E-state index contributed by atoms with van der Waals surface area (Å²) in [5.41, 5.74) is 0. The van der Waals surface area contributed by atoms with Crippen LogP contribution >= 0.6 is 0 Å². The van der Waals surface area contributed by atoms with Gasteiger partial charge in [-0.05, 0) is 37.0 Å². The Bertz CT molecular complexity index is 177. The molecule has 90 valence electrons. The summed E-state index contributed by atoms with van der Waals surface area (Å²) >= 11 is 0. The van der Waals surface area contributed by atoms with Gasteiger partial charge < -0.3 is 5.11 Å². The van der Waals surface area contributed by atoms with Crippen LogP contribution < -0.4 is 0 Å². The van der Waals surface area contributed by atoms with Crippen molar-refractivity contribution in [3.8, 4) is 0 Å². The zero-order valence-electron chi connectivity index (χ0n) is 10.6. The molecule has 0 aromatic carbocycles. The van der Waals surface area contributed by atoms with E-state index in [9.17, 15) is 4.79 Å². The monoisotopic (exact) mass is 214 g/mol. The third-order valence-corrected chi connectivity index (χ3v) is 3.16. The van der Waals surface area contributed by atoms with Gasteiger partial charge in [-0.1, -0.05) is 34.1 Å². The number of carboxylic acids is 1. The van der Waals surface area contributed by atoms with Gasteiger partial charge in [0.1, 0.15) is 0 Å². The summed E-state index contributed by atoms with van der Waals surface area (Å²) in [6.45, 7) is 8.96. The summed E-state index contributed by atoms with van der Waals surface area (Å²) in [7, 11) is 0. The van der Waals surface area contributed by atoms with E-state index < -0.39 is 5.97 Å². The maximum atomic E-state index is 10.4. The van der Waals surface area contributed by atoms with Crippen molar-refractivity contribution in [1.29, 1.82) is 0 Å². The molecule has 0 rings (SSSR count). The first kappa shape index (κ1) is 14.5. The second kappa shape index (κ2) is 7.72. The lowest BCUT2D eigenvalue weighted by atomic mass is 9.87. The summed E-state index contributed by atoms with van der Waals surface area (Å²) in [4.78, 5) is 10.4. The van der Waals surface area contributed by atoms with Crippen LogP contribution in [0.2, 0.25) is 0 Å². The highest BCUT2D eigenvalue weighted by Gasteiger charge is 2.12. The van der Waals surface area contributed by atoms with E-state index in [1.54, 1.807) is 0 Å². The molecule has 0 bridgehead atoms. The van der Waals surface area contributed by atoms with Crippen LogP contribution in [0.3, 0.4) is 0 Å². The molecule has 0 aliphatic carbocycles. The number of hydrogen-bond donors (Lipinski definition) is 1. The van der Waals surface area contributed by atoms with Crippen molar-refractivity contribution in [1.82, 2.24) is 0 Å². The third kappa shape index (κ3) is 8.46. The molecule has 15 heavy (non-hydrogen) atoms. The van der Waals surface area contributed by atoms with E-state index in [1.807, 2.05) is 0 Å². The maximum absolute atomic E-state index is 10.4. The van der Waals surface area contributed by atoms with Gasteiger partial charge in [-0.25, -0.2) is 0 Å². The lowest BCUT2D eigenvalue weighted by molar-refractivity contribution is -0.137. The fourth-order valence-electron chi connectivity index (χ4n) is 2.12. The molecule has 0 heterocycles. The van der Waals surface area contributed by atoms with Gasteiger partial charge in [-0.2, -0.15) is 0 Å². The predicted octanol–water partition coefficient (Wildman–Crippen LogP) is 3.95. The molecule has 3 atom stereocenters. The molecule has 2 nitrogen and oxygen atoms in total. The largest absolute Gasteiger partial charge is 0.481 e. The molecule has 0 spiro atoms. The smallest absolute Gasteiger partial charge is 0.303 e. The highest BCUT2D eigenvalue weighted by molar-refractivity contribution is 5.66. The molecule has 0 radical (unpaired) electrons. The van der Waals surface area contributed by atoms with E-state index in [0.717, 1.165) is 24.7 Å². The topological polar surface area (TPSA) is 37.3 Å². The van der Waals surface area contributed by atoms with Gasteiger partial charge in [0.2, 0.25) is 0 Å². The number of carboxylic acid groups (broad SMARTS) is 1. The molecule has 1 N–H and O–H groups in total. The van der Waals surface area contributed by atoms with E-state index in [-0.39, 0.29) is 0 Å². The van der Waals surface area contributed by atoms with Crippen LogP contribution in [0.25, 0.3) is 0 Å². The Kier molecular flexibility index (Phi) is 7.45. The van der Waals surface area contributed by atoms with Crippen LogP contribution in [0.5, 0.6) is 0 Å². The Hall–Kier alpha value is -0.530. The number of aliphatic carboxylic acids is 1. The van der Waals surface area contributed by atoms with Crippen molar-refractivity contribution in [3.05, 3.63) is 0 Å². The van der Waals surface area contributed by atoms with E-state index in [0.29, 0.717) is 12.3 Å². The third-order valence-electron chi connectivity index (χ3n) is 3.16. The van der Waals surface area contributed by atoms with Crippen molar-refractivity contribution in [2.75, 3.05) is 0 Å². The van der Waals surface area contributed by atoms with E-state index in [4.69, 9.17) is 5.11 Å². The predicted molar refractivity (Wildman–Crippen MR) is 63.9 cm³/mol. The summed E-state index contributed by atoms with van der Waals surface area (Å²) in [6.07, 6.45) is 4.82. The molecule has 0 aromatic heterocycles. The standard InChI is InChI=1S/C13H26O2/c1-5-10(2)8-12(4)9-11(3)6-7-13(14)15/h10-12H,5-9H2,1-4H3,(H,14,15)/t10-,11-,12-/m1/s1. The highest BCUT2D eigenvalue weighted by atomic mass is 16.4. The molecule has 0 aliphatic heterocycles. The molecule has 2 heteroatoms. The van der Waals surface area contributed by atoms with Gasteiger partial charge in [0.05, 0.1) is 0 Å². The Balaban J connectivity index is 3.65. The van der Waals surface area contributed by atoms with Gasteiger partial charge in [0.25, 0.3) is 0 Å². The quantitative estimate of drug-likeness (QED) is 0.664. The van der Waals surface area contributed by atoms with Crippen molar-refractivity contribution < 1.29 is 9.90 Å². The molecule has 0 aromatic rings. The van der Waals surface area contributed by atoms with Gasteiger partial charge in [0.15, 0.2) is 0 Å². The second-order valence-corrected chi connectivity index (χ2v) is 5.13. The number of carbonyl (C=O) groups is 1. The molecule has 0 fully saturated rings. The van der Waals surface area contributed by atoms with Gasteiger partial charge in [-0.15, -0.1) is 0 Å². The van der Waals surface area contributed by atoms with Crippen molar-refractivity contribution in [2.45, 2.75) is 59.8 Å². The molecule has 0 amide bonds. The summed E-state index contributed by atoms with van der Waals surface area (Å²) in [5, 5.41) is 8.58. The molecule has 0 saturated carbocycles. The van der Waals surface area contributed by atoms with Crippen molar-refractivity contribution in [3.63, 3.8) is 0 Å². The van der Waals surface area contributed by atoms with E-state index in [1.165, 1.54) is 12.8 Å². The lowest BCUT2D eigenvalue weighted by Gasteiger charge is -2.19. The molecular weight excluding hydrogens is 188 g/mol. The SMILES string of the molecule is CC[C@@H](C)C[C@@H](C)C[C@H](C)CCC(=O)O. The Labute approximate surface area is 94.1 Å². The van der Waals surface area contributed by atoms with Crippen LogP contribution in [-0.2, 0) is 4.79 Å². The highest BCUT2D eigenvalue weighted by Crippen LogP contribution is 2.23. The van der Waals surface area contributed by atoms with Crippen LogP contribution in [0, 0.1) is 17.8 Å². The second-order valence-electron chi connectivity index (χ2n) is 5.13. The zero-order chi connectivity index (χ0) is 11.8. The summed E-state index contributed by atoms with van der Waals surface area (Å²) < 4.78 is 0. The minimum absolute atomic E-state index is 0.317. The molecular formula is C13H26O2. The van der Waals surface area contributed by atoms with Gasteiger partial charge >= 0.3 is 5.97 Å². The lowest BCUT2D eigenvalue weighted by Crippen LogP contribution is -2.08. The minimum atomic E-state index is -0.670. The van der Waals surface area contributed by atoms with Crippen LogP contribution in [0.15, 0.2) is 0 Å². The van der Waals surface area contributed by atoms with Crippen LogP contribution in [0.4, 0.5) is 0 Å². The van der Waals surface area contributed by atoms with Gasteiger partial charge in [-0.3, -0.25) is 4.79 Å². The zero-order valence-corrected chi connectivity index (χ0v) is 10.6. The minimum Gasteiger partial charge on any atom is -0.481 e. The Morgan fingerprint density at radius 3 is 2.07 bits per heavy atom. The van der Waals surface area contributed by atoms with Crippen molar-refractivity contribution in [2.24, 2.45) is 17.8 Å². The average Bonchev–Trinajstić information content (AvgIpc) is 2.14. The molecule has 0 aliphatic rings. The van der Waals surface area contributed by atoms with E-state index >= 15 is 0 Å². The van der Waals surface area contributed by atoms with Crippen LogP contribution in [-0.4, -0.2) is 11.1 Å². The normalized spacial score (nSPS) is 17.1. The molecule has 0 unspecified atom stereocenters. The van der Waals surface area contributed by atoms with Crippen LogP contribution in [0.1, 0.15) is 59.8 Å². The first-order chi connectivity index (χ1) is 6.95. The summed E-state index contributed by atoms with van der Waals surface area (Å²) in [5.74, 6) is 1.40.